The van der Waals surface area contributed by atoms with E-state index in [1.54, 1.807) is 0 Å². The smallest absolute Gasteiger partial charge is 0.0480 e. The number of rotatable bonds is 2. The summed E-state index contributed by atoms with van der Waals surface area (Å²) in [5.74, 6) is 3.97. The van der Waals surface area contributed by atoms with Gasteiger partial charge in [0.2, 0.25) is 0 Å². The van der Waals surface area contributed by atoms with E-state index in [0.29, 0.717) is 5.92 Å². The van der Waals surface area contributed by atoms with Gasteiger partial charge in [-0.1, -0.05) is 55.5 Å². The van der Waals surface area contributed by atoms with E-state index in [0.717, 1.165) is 6.54 Å². The quantitative estimate of drug-likeness (QED) is 0.587. The number of hydrogen-bond acceptors (Lipinski definition) is 1. The fourth-order valence-corrected chi connectivity index (χ4v) is 2.14. The van der Waals surface area contributed by atoms with Gasteiger partial charge >= 0.3 is 0 Å². The number of benzene rings is 1. The summed E-state index contributed by atoms with van der Waals surface area (Å²) in [7, 11) is 0. The summed E-state index contributed by atoms with van der Waals surface area (Å²) in [5, 5.41) is 3.19. The highest BCUT2D eigenvalue weighted by Crippen LogP contribution is 2.22. The Morgan fingerprint density at radius 3 is 2.56 bits per heavy atom. The van der Waals surface area contributed by atoms with Gasteiger partial charge in [-0.25, -0.2) is 0 Å². The van der Waals surface area contributed by atoms with Gasteiger partial charge in [0.05, 0.1) is 0 Å². The van der Waals surface area contributed by atoms with Crippen LogP contribution in [0.15, 0.2) is 30.3 Å². The highest BCUT2D eigenvalue weighted by atomic mass is 14.8. The Morgan fingerprint density at radius 2 is 1.81 bits per heavy atom. The van der Waals surface area contributed by atoms with Crippen molar-refractivity contribution in [3.8, 4) is 12.0 Å². The molecule has 0 amide bonds. The van der Waals surface area contributed by atoms with Crippen LogP contribution in [0.3, 0.4) is 0 Å². The van der Waals surface area contributed by atoms with Gasteiger partial charge in [-0.05, 0) is 18.4 Å². The van der Waals surface area contributed by atoms with Crippen LogP contribution in [0.1, 0.15) is 37.7 Å². The molecule has 1 aromatic carbocycles. The Morgan fingerprint density at radius 1 is 1.06 bits per heavy atom. The van der Waals surface area contributed by atoms with Gasteiger partial charge < -0.3 is 5.32 Å². The molecule has 1 N–H and O–H groups in total. The van der Waals surface area contributed by atoms with Crippen molar-refractivity contribution in [2.45, 2.75) is 38.6 Å². The zero-order valence-electron chi connectivity index (χ0n) is 9.71. The summed E-state index contributed by atoms with van der Waals surface area (Å²) < 4.78 is 0. The Hall–Kier alpha value is -1.42. The van der Waals surface area contributed by atoms with Crippen LogP contribution < -0.4 is 5.32 Å². The zero-order chi connectivity index (χ0) is 11.1. The van der Waals surface area contributed by atoms with Crippen molar-refractivity contribution >= 4 is 0 Å². The van der Waals surface area contributed by atoms with Crippen molar-refractivity contribution in [2.75, 3.05) is 0 Å². The lowest BCUT2D eigenvalue weighted by molar-refractivity contribution is 0.430. The second kappa shape index (κ2) is 6.23. The van der Waals surface area contributed by atoms with Gasteiger partial charge in [-0.3, -0.25) is 0 Å². The fraction of sp³-hybridized carbons (Fsp3) is 0.467. The second-order valence-electron chi connectivity index (χ2n) is 4.44. The molecule has 1 nitrogen and oxygen atoms in total. The lowest BCUT2D eigenvalue weighted by Gasteiger charge is -2.15. The molecule has 1 aliphatic carbocycles. The van der Waals surface area contributed by atoms with Crippen LogP contribution in [0, 0.1) is 17.9 Å². The molecule has 0 radical (unpaired) electrons. The van der Waals surface area contributed by atoms with E-state index in [4.69, 9.17) is 0 Å². The summed E-state index contributed by atoms with van der Waals surface area (Å²) in [6, 6.07) is 13.5. The average molecular weight is 213 g/mol. The van der Waals surface area contributed by atoms with E-state index in [1.165, 1.54) is 37.7 Å². The molecule has 0 unspecified atom stereocenters. The molecule has 0 atom stereocenters. The molecule has 2 rings (SSSR count). The van der Waals surface area contributed by atoms with E-state index < -0.39 is 0 Å². The molecule has 1 heteroatoms. The first-order valence-electron chi connectivity index (χ1n) is 6.22. The SMILES string of the molecule is C(#CC1CCCCC1)NCc1ccccc1. The van der Waals surface area contributed by atoms with Crippen molar-refractivity contribution in [3.63, 3.8) is 0 Å². The first kappa shape index (κ1) is 11.1. The van der Waals surface area contributed by atoms with E-state index in [2.05, 4.69) is 41.5 Å². The zero-order valence-corrected chi connectivity index (χ0v) is 9.71. The van der Waals surface area contributed by atoms with Gasteiger partial charge in [0, 0.05) is 18.5 Å². The molecular formula is C15H19N. The summed E-state index contributed by atoms with van der Waals surface area (Å²) >= 11 is 0. The van der Waals surface area contributed by atoms with Gasteiger partial charge in [0.15, 0.2) is 0 Å². The maximum Gasteiger partial charge on any atom is 0.0480 e. The summed E-state index contributed by atoms with van der Waals surface area (Å²) in [6.07, 6.45) is 6.70. The predicted molar refractivity (Wildman–Crippen MR) is 67.6 cm³/mol. The highest BCUT2D eigenvalue weighted by Gasteiger charge is 2.09. The Kier molecular flexibility index (Phi) is 4.31. The monoisotopic (exact) mass is 213 g/mol. The first-order valence-corrected chi connectivity index (χ1v) is 6.22. The standard InChI is InChI=1S/C15H19N/c1-3-7-14(8-4-1)11-12-16-13-15-9-5-2-6-10-15/h2,5-6,9-10,14,16H,1,3-4,7-8,13H2. The third-order valence-electron chi connectivity index (χ3n) is 3.11. The van der Waals surface area contributed by atoms with Crippen molar-refractivity contribution in [2.24, 2.45) is 5.92 Å². The molecule has 0 aliphatic heterocycles. The molecule has 1 aromatic rings. The van der Waals surface area contributed by atoms with E-state index in [-0.39, 0.29) is 0 Å². The van der Waals surface area contributed by atoms with Crippen LogP contribution in [0.2, 0.25) is 0 Å². The molecule has 1 aliphatic rings. The van der Waals surface area contributed by atoms with Crippen molar-refractivity contribution < 1.29 is 0 Å². The van der Waals surface area contributed by atoms with Crippen molar-refractivity contribution in [3.05, 3.63) is 35.9 Å². The highest BCUT2D eigenvalue weighted by molar-refractivity contribution is 5.15. The van der Waals surface area contributed by atoms with Gasteiger partial charge in [-0.2, -0.15) is 0 Å². The lowest BCUT2D eigenvalue weighted by Crippen LogP contribution is -2.08. The second-order valence-corrected chi connectivity index (χ2v) is 4.44. The van der Waals surface area contributed by atoms with Crippen LogP contribution in [0.25, 0.3) is 0 Å². The molecule has 16 heavy (non-hydrogen) atoms. The fourth-order valence-electron chi connectivity index (χ4n) is 2.14. The van der Waals surface area contributed by atoms with Crippen LogP contribution >= 0.6 is 0 Å². The van der Waals surface area contributed by atoms with E-state index in [1.807, 2.05) is 6.07 Å². The molecule has 0 aromatic heterocycles. The average Bonchev–Trinajstić information content (AvgIpc) is 2.37. The molecule has 1 fully saturated rings. The minimum atomic E-state index is 0.636. The molecule has 0 saturated heterocycles. The maximum atomic E-state index is 3.33. The van der Waals surface area contributed by atoms with Crippen LogP contribution in [-0.4, -0.2) is 0 Å². The predicted octanol–water partition coefficient (Wildman–Crippen LogP) is 3.32. The Labute approximate surface area is 98.3 Å². The first-order chi connectivity index (χ1) is 7.95. The summed E-state index contributed by atoms with van der Waals surface area (Å²) in [4.78, 5) is 0. The lowest BCUT2D eigenvalue weighted by atomic mass is 9.90. The van der Waals surface area contributed by atoms with Crippen molar-refractivity contribution in [1.82, 2.24) is 5.32 Å². The molecule has 84 valence electrons. The molecule has 0 heterocycles. The van der Waals surface area contributed by atoms with Crippen molar-refractivity contribution in [1.29, 1.82) is 0 Å². The minimum Gasteiger partial charge on any atom is -0.341 e. The maximum absolute atomic E-state index is 3.33. The molecular weight excluding hydrogens is 194 g/mol. The Bertz CT molecular complexity index is 352. The third-order valence-corrected chi connectivity index (χ3v) is 3.11. The summed E-state index contributed by atoms with van der Waals surface area (Å²) in [5.41, 5.74) is 1.29. The normalized spacial score (nSPS) is 16.2. The Balaban J connectivity index is 1.73. The van der Waals surface area contributed by atoms with Crippen LogP contribution in [0.4, 0.5) is 0 Å². The topological polar surface area (TPSA) is 12.0 Å². The third kappa shape index (κ3) is 3.62. The summed E-state index contributed by atoms with van der Waals surface area (Å²) in [6.45, 7) is 0.848. The van der Waals surface area contributed by atoms with E-state index >= 15 is 0 Å². The number of nitrogens with one attached hydrogen (secondary N) is 1. The van der Waals surface area contributed by atoms with Crippen LogP contribution in [0.5, 0.6) is 0 Å². The molecule has 0 bridgehead atoms. The molecule has 1 saturated carbocycles. The largest absolute Gasteiger partial charge is 0.341 e. The minimum absolute atomic E-state index is 0.636. The van der Waals surface area contributed by atoms with Gasteiger partial charge in [-0.15, -0.1) is 0 Å². The van der Waals surface area contributed by atoms with Crippen LogP contribution in [-0.2, 0) is 6.54 Å². The van der Waals surface area contributed by atoms with Gasteiger partial charge in [0.1, 0.15) is 0 Å². The van der Waals surface area contributed by atoms with Gasteiger partial charge in [0.25, 0.3) is 0 Å². The molecule has 0 spiro atoms. The number of hydrogen-bond donors (Lipinski definition) is 1. The van der Waals surface area contributed by atoms with E-state index in [9.17, 15) is 0 Å².